The number of hydrogen-bond donors (Lipinski definition) is 2. The third kappa shape index (κ3) is 3.84. The fraction of sp³-hybridized carbons (Fsp3) is 0.276. The highest BCUT2D eigenvalue weighted by atomic mass is 16.2. The molecule has 3 N–H and O–H groups in total. The van der Waals surface area contributed by atoms with Gasteiger partial charge in [0.25, 0.3) is 5.91 Å². The lowest BCUT2D eigenvalue weighted by Crippen LogP contribution is -2.46. The summed E-state index contributed by atoms with van der Waals surface area (Å²) in [4.78, 5) is 40.5. The minimum atomic E-state index is -0.152. The molecule has 40 heavy (non-hydrogen) atoms. The first-order valence-electron chi connectivity index (χ1n) is 13.4. The Bertz CT molecular complexity index is 1720. The van der Waals surface area contributed by atoms with E-state index in [2.05, 4.69) is 25.3 Å². The largest absolute Gasteiger partial charge is 0.383 e. The first-order chi connectivity index (χ1) is 19.5. The van der Waals surface area contributed by atoms with Crippen LogP contribution in [0.2, 0.25) is 0 Å². The number of aromatic amines is 1. The number of nitrogen functional groups attached to an aromatic ring is 1. The van der Waals surface area contributed by atoms with E-state index in [4.69, 9.17) is 10.7 Å². The van der Waals surface area contributed by atoms with E-state index in [1.165, 1.54) is 17.8 Å². The molecular weight excluding hydrogens is 506 g/mol. The number of fused-ring (bicyclic) bond motifs is 3. The van der Waals surface area contributed by atoms with E-state index in [0.29, 0.717) is 29.7 Å². The van der Waals surface area contributed by atoms with Gasteiger partial charge in [-0.3, -0.25) is 14.6 Å². The summed E-state index contributed by atoms with van der Waals surface area (Å²) in [6.45, 7) is 1.51. The predicted octanol–water partition coefficient (Wildman–Crippen LogP) is 3.91. The Morgan fingerprint density at radius 2 is 1.77 bits per heavy atom. The highest BCUT2D eigenvalue weighted by molar-refractivity contribution is 6.00. The number of carbonyl (C=O) groups is 2. The molecule has 2 bridgehead atoms. The van der Waals surface area contributed by atoms with Crippen LogP contribution in [0.5, 0.6) is 0 Å². The summed E-state index contributed by atoms with van der Waals surface area (Å²) in [6, 6.07) is 14.0. The Morgan fingerprint density at radius 3 is 2.42 bits per heavy atom. The van der Waals surface area contributed by atoms with Gasteiger partial charge in [0.15, 0.2) is 11.4 Å². The van der Waals surface area contributed by atoms with Crippen molar-refractivity contribution in [3.8, 4) is 22.4 Å². The first kappa shape index (κ1) is 24.1. The number of H-pyrrole nitrogens is 1. The summed E-state index contributed by atoms with van der Waals surface area (Å²) in [5.41, 5.74) is 11.8. The summed E-state index contributed by atoms with van der Waals surface area (Å²) in [5.74, 6) is 0.214. The van der Waals surface area contributed by atoms with Gasteiger partial charge in [-0.2, -0.15) is 9.61 Å². The van der Waals surface area contributed by atoms with Crippen LogP contribution in [-0.4, -0.2) is 63.4 Å². The third-order valence-corrected chi connectivity index (χ3v) is 8.18. The van der Waals surface area contributed by atoms with Gasteiger partial charge in [0.2, 0.25) is 5.82 Å². The van der Waals surface area contributed by atoms with Crippen molar-refractivity contribution < 1.29 is 9.59 Å². The number of hydrogen-bond acceptors (Lipinski definition) is 8. The number of ketones is 1. The van der Waals surface area contributed by atoms with Crippen molar-refractivity contribution in [2.24, 2.45) is 0 Å². The van der Waals surface area contributed by atoms with Crippen LogP contribution in [0.15, 0.2) is 61.2 Å². The number of piperidine rings is 1. The number of amides is 1. The Morgan fingerprint density at radius 1 is 1.00 bits per heavy atom. The summed E-state index contributed by atoms with van der Waals surface area (Å²) in [7, 11) is 0. The van der Waals surface area contributed by atoms with Crippen molar-refractivity contribution >= 4 is 23.2 Å². The third-order valence-electron chi connectivity index (χ3n) is 8.18. The molecule has 2 saturated heterocycles. The molecule has 5 aromatic rings. The van der Waals surface area contributed by atoms with Crippen molar-refractivity contribution in [1.29, 1.82) is 0 Å². The first-order valence-corrected chi connectivity index (χ1v) is 13.4. The molecule has 200 valence electrons. The van der Waals surface area contributed by atoms with E-state index >= 15 is 0 Å². The van der Waals surface area contributed by atoms with Gasteiger partial charge >= 0.3 is 0 Å². The number of aromatic nitrogens is 7. The van der Waals surface area contributed by atoms with Crippen molar-refractivity contribution in [3.63, 3.8) is 0 Å². The lowest BCUT2D eigenvalue weighted by atomic mass is 9.85. The van der Waals surface area contributed by atoms with Crippen LogP contribution in [0.1, 0.15) is 65.2 Å². The van der Waals surface area contributed by atoms with Gasteiger partial charge in [0, 0.05) is 40.9 Å². The van der Waals surface area contributed by atoms with E-state index in [0.717, 1.165) is 35.2 Å². The molecular formula is C29H27N9O2. The fourth-order valence-electron chi connectivity index (χ4n) is 6.39. The van der Waals surface area contributed by atoms with Crippen LogP contribution >= 0.6 is 0 Å². The molecule has 7 rings (SSSR count). The Labute approximate surface area is 229 Å². The lowest BCUT2D eigenvalue weighted by molar-refractivity contribution is 0.0556. The quantitative estimate of drug-likeness (QED) is 0.323. The smallest absolute Gasteiger partial charge is 0.292 e. The molecule has 2 aliphatic heterocycles. The van der Waals surface area contributed by atoms with Crippen LogP contribution in [0, 0.1) is 0 Å². The van der Waals surface area contributed by atoms with Crippen molar-refractivity contribution in [2.75, 3.05) is 5.73 Å². The summed E-state index contributed by atoms with van der Waals surface area (Å²) < 4.78 is 1.54. The maximum Gasteiger partial charge on any atom is 0.292 e. The van der Waals surface area contributed by atoms with E-state index in [9.17, 15) is 9.59 Å². The van der Waals surface area contributed by atoms with Crippen LogP contribution in [0.4, 0.5) is 5.82 Å². The molecule has 0 unspecified atom stereocenters. The molecule has 6 heterocycles. The van der Waals surface area contributed by atoms with Crippen molar-refractivity contribution in [2.45, 2.75) is 50.6 Å². The summed E-state index contributed by atoms with van der Waals surface area (Å²) in [5, 5.41) is 12.2. The van der Waals surface area contributed by atoms with Gasteiger partial charge in [-0.25, -0.2) is 4.98 Å². The van der Waals surface area contributed by atoms with Gasteiger partial charge in [0.05, 0.1) is 23.1 Å². The van der Waals surface area contributed by atoms with Crippen LogP contribution < -0.4 is 5.73 Å². The molecule has 3 atom stereocenters. The van der Waals surface area contributed by atoms with Crippen LogP contribution in [0.3, 0.4) is 0 Å². The fourth-order valence-corrected chi connectivity index (χ4v) is 6.39. The number of carbonyl (C=O) groups excluding carboxylic acids is 2. The standard InChI is InChI=1S/C29H27N9O2/c1-16(39)24-25(19-11-20-8-9-21(12-19)37(20)29(40)27-32-15-33-36-27)35-28-22(14-34-38(28)26(24)30)18-7-10-23(31-13-18)17-5-3-2-4-6-17/h2-7,10,13-15,19-21H,8-9,11-12,30H2,1H3,(H,32,33,36)/t19-,20+,21-. The van der Waals surface area contributed by atoms with Gasteiger partial charge < -0.3 is 15.6 Å². The predicted molar refractivity (Wildman–Crippen MR) is 147 cm³/mol. The Balaban J connectivity index is 1.26. The number of benzene rings is 1. The zero-order valence-corrected chi connectivity index (χ0v) is 21.9. The molecule has 11 nitrogen and oxygen atoms in total. The number of nitrogens with one attached hydrogen (secondary N) is 1. The highest BCUT2D eigenvalue weighted by Crippen LogP contribution is 2.45. The SMILES string of the molecule is CC(=O)c1c([C@H]2C[C@H]3CC[C@@H](C2)N3C(=O)c2nnc[nH]2)nc2c(-c3ccc(-c4ccccc4)nc3)cnn2c1N. The normalized spacial score (nSPS) is 20.2. The molecule has 0 spiro atoms. The van der Waals surface area contributed by atoms with Gasteiger partial charge in [-0.15, -0.1) is 10.2 Å². The van der Waals surface area contributed by atoms with Crippen molar-refractivity contribution in [1.82, 2.24) is 39.7 Å². The number of nitrogens with two attached hydrogens (primary N) is 1. The highest BCUT2D eigenvalue weighted by Gasteiger charge is 2.45. The zero-order chi connectivity index (χ0) is 27.4. The van der Waals surface area contributed by atoms with E-state index in [1.807, 2.05) is 53.6 Å². The van der Waals surface area contributed by atoms with Gasteiger partial charge in [0.1, 0.15) is 12.1 Å². The molecule has 4 aromatic heterocycles. The Kier molecular flexibility index (Phi) is 5.65. The van der Waals surface area contributed by atoms with Crippen LogP contribution in [-0.2, 0) is 0 Å². The van der Waals surface area contributed by atoms with Gasteiger partial charge in [-0.05, 0) is 38.7 Å². The minimum absolute atomic E-state index is 0.0243. The second-order valence-corrected chi connectivity index (χ2v) is 10.5. The summed E-state index contributed by atoms with van der Waals surface area (Å²) >= 11 is 0. The maximum atomic E-state index is 13.1. The minimum Gasteiger partial charge on any atom is -0.383 e. The lowest BCUT2D eigenvalue weighted by Gasteiger charge is -2.38. The number of Topliss-reactive ketones (excluding diaryl/α,β-unsaturated/α-hetero) is 1. The molecule has 1 amide bonds. The van der Waals surface area contributed by atoms with E-state index < -0.39 is 0 Å². The maximum absolute atomic E-state index is 13.1. The van der Waals surface area contributed by atoms with E-state index in [-0.39, 0.29) is 41.3 Å². The molecule has 0 aliphatic carbocycles. The number of nitrogens with zero attached hydrogens (tertiary/aromatic N) is 7. The number of rotatable bonds is 5. The summed E-state index contributed by atoms with van der Waals surface area (Å²) in [6.07, 6.45) is 8.11. The van der Waals surface area contributed by atoms with E-state index in [1.54, 1.807) is 6.20 Å². The average Bonchev–Trinajstić information content (AvgIpc) is 3.71. The Hall–Kier alpha value is -4.93. The molecule has 0 radical (unpaired) electrons. The van der Waals surface area contributed by atoms with Crippen molar-refractivity contribution in [3.05, 3.63) is 78.3 Å². The van der Waals surface area contributed by atoms with Gasteiger partial charge in [-0.1, -0.05) is 36.4 Å². The average molecular weight is 534 g/mol. The second-order valence-electron chi connectivity index (χ2n) is 10.5. The monoisotopic (exact) mass is 533 g/mol. The molecule has 0 saturated carbocycles. The molecule has 2 aliphatic rings. The number of anilines is 1. The molecule has 11 heteroatoms. The second kappa shape index (κ2) is 9.37. The zero-order valence-electron chi connectivity index (χ0n) is 21.9. The number of pyridine rings is 1. The van der Waals surface area contributed by atoms with Crippen LogP contribution in [0.25, 0.3) is 28.0 Å². The molecule has 1 aromatic carbocycles. The topological polar surface area (TPSA) is 148 Å². The molecule has 2 fully saturated rings.